The number of amides is 3. The van der Waals surface area contributed by atoms with Crippen LogP contribution >= 0.6 is 23.5 Å². The smallest absolute Gasteiger partial charge is 0.323 e. The summed E-state index contributed by atoms with van der Waals surface area (Å²) in [5.74, 6) is 2.82. The first kappa shape index (κ1) is 23.1. The Hall–Kier alpha value is -3.10. The summed E-state index contributed by atoms with van der Waals surface area (Å²) >= 11 is 3.95. The second kappa shape index (κ2) is 11.7. The quantitative estimate of drug-likeness (QED) is 0.375. The second-order valence-corrected chi connectivity index (χ2v) is 10.1. The number of urea groups is 1. The summed E-state index contributed by atoms with van der Waals surface area (Å²) < 4.78 is 6.11. The lowest BCUT2D eigenvalue weighted by Crippen LogP contribution is -2.20. The number of para-hydroxylation sites is 1. The van der Waals surface area contributed by atoms with Gasteiger partial charge in [-0.05, 0) is 72.0 Å². The summed E-state index contributed by atoms with van der Waals surface area (Å²) in [6, 6.07) is 23.7. The number of carbonyl (C=O) groups excluding carboxylic acids is 2. The van der Waals surface area contributed by atoms with Gasteiger partial charge in [-0.1, -0.05) is 30.3 Å². The molecule has 0 unspecified atom stereocenters. The molecular weight excluding hydrogens is 454 g/mol. The van der Waals surface area contributed by atoms with Gasteiger partial charge in [-0.15, -0.1) is 23.5 Å². The molecule has 0 saturated carbocycles. The third-order valence-corrected chi connectivity index (χ3v) is 7.82. The van der Waals surface area contributed by atoms with Crippen LogP contribution in [0.15, 0.2) is 78.9 Å². The number of thioether (sulfide) groups is 2. The average Bonchev–Trinajstić information content (AvgIpc) is 2.85. The first-order chi connectivity index (χ1) is 16.2. The van der Waals surface area contributed by atoms with Gasteiger partial charge >= 0.3 is 6.03 Å². The molecule has 170 valence electrons. The van der Waals surface area contributed by atoms with Crippen molar-refractivity contribution in [3.05, 3.63) is 84.4 Å². The molecular formula is C25H25N3O3S2. The van der Waals surface area contributed by atoms with Crippen molar-refractivity contribution in [2.75, 3.05) is 34.1 Å². The SMILES string of the molecule is O=C(COc1ccc(C2SCCCS2)cc1)Nc1ccc(NC(=O)Nc2ccccc2)cc1. The minimum absolute atomic E-state index is 0.0776. The molecule has 3 N–H and O–H groups in total. The normalized spacial score (nSPS) is 13.7. The van der Waals surface area contributed by atoms with Gasteiger partial charge in [0.25, 0.3) is 5.91 Å². The van der Waals surface area contributed by atoms with E-state index in [1.165, 1.54) is 23.5 Å². The van der Waals surface area contributed by atoms with E-state index < -0.39 is 0 Å². The van der Waals surface area contributed by atoms with Crippen LogP contribution in [0.5, 0.6) is 5.75 Å². The van der Waals surface area contributed by atoms with E-state index in [0.29, 0.717) is 27.4 Å². The molecule has 0 atom stereocenters. The van der Waals surface area contributed by atoms with Crippen molar-refractivity contribution in [3.8, 4) is 5.75 Å². The number of hydrogen-bond acceptors (Lipinski definition) is 5. The number of rotatable bonds is 7. The molecule has 0 aliphatic carbocycles. The van der Waals surface area contributed by atoms with Gasteiger partial charge in [0.1, 0.15) is 5.75 Å². The number of ether oxygens (including phenoxy) is 1. The summed E-state index contributed by atoms with van der Waals surface area (Å²) in [5.41, 5.74) is 3.24. The molecule has 33 heavy (non-hydrogen) atoms. The Morgan fingerprint density at radius 2 is 1.33 bits per heavy atom. The fourth-order valence-electron chi connectivity index (χ4n) is 3.20. The van der Waals surface area contributed by atoms with E-state index in [9.17, 15) is 9.59 Å². The molecule has 1 fully saturated rings. The van der Waals surface area contributed by atoms with Gasteiger partial charge in [0.2, 0.25) is 0 Å². The molecule has 3 aromatic rings. The van der Waals surface area contributed by atoms with E-state index in [4.69, 9.17) is 4.74 Å². The van der Waals surface area contributed by atoms with Crippen molar-refractivity contribution in [1.29, 1.82) is 0 Å². The van der Waals surface area contributed by atoms with Gasteiger partial charge in [0.15, 0.2) is 6.61 Å². The molecule has 3 amide bonds. The first-order valence-electron chi connectivity index (χ1n) is 10.6. The lowest BCUT2D eigenvalue weighted by molar-refractivity contribution is -0.118. The van der Waals surface area contributed by atoms with Crippen LogP contribution in [0, 0.1) is 0 Å². The van der Waals surface area contributed by atoms with Gasteiger partial charge in [-0.3, -0.25) is 4.79 Å². The van der Waals surface area contributed by atoms with Crippen LogP contribution in [0.2, 0.25) is 0 Å². The summed E-state index contributed by atoms with van der Waals surface area (Å²) in [6.07, 6.45) is 1.27. The van der Waals surface area contributed by atoms with Gasteiger partial charge in [-0.2, -0.15) is 0 Å². The summed E-state index contributed by atoms with van der Waals surface area (Å²) in [5, 5.41) is 8.30. The standard InChI is InChI=1S/C25H25N3O3S2/c29-23(17-31-22-13-7-18(8-14-22)24-32-15-4-16-33-24)26-20-9-11-21(12-10-20)28-25(30)27-19-5-2-1-3-6-19/h1-3,5-14,24H,4,15-17H2,(H,26,29)(H2,27,28,30). The second-order valence-electron chi connectivity index (χ2n) is 7.36. The van der Waals surface area contributed by atoms with E-state index in [0.717, 1.165) is 0 Å². The Labute approximate surface area is 201 Å². The van der Waals surface area contributed by atoms with Crippen LogP contribution in [0.25, 0.3) is 0 Å². The Bertz CT molecular complexity index is 1050. The molecule has 8 heteroatoms. The zero-order valence-electron chi connectivity index (χ0n) is 18.0. The number of anilines is 3. The van der Waals surface area contributed by atoms with Crippen molar-refractivity contribution < 1.29 is 14.3 Å². The lowest BCUT2D eigenvalue weighted by atomic mass is 10.2. The number of benzene rings is 3. The monoisotopic (exact) mass is 479 g/mol. The number of nitrogens with one attached hydrogen (secondary N) is 3. The molecule has 0 aromatic heterocycles. The van der Waals surface area contributed by atoms with Crippen molar-refractivity contribution >= 4 is 52.5 Å². The third-order valence-electron chi connectivity index (χ3n) is 4.81. The highest BCUT2D eigenvalue weighted by Crippen LogP contribution is 2.43. The minimum Gasteiger partial charge on any atom is -0.484 e. The molecule has 0 radical (unpaired) electrons. The predicted molar refractivity (Wildman–Crippen MR) is 138 cm³/mol. The minimum atomic E-state index is -0.335. The molecule has 0 bridgehead atoms. The summed E-state index contributed by atoms with van der Waals surface area (Å²) in [6.45, 7) is -0.0776. The fourth-order valence-corrected chi connectivity index (χ4v) is 6.09. The van der Waals surface area contributed by atoms with E-state index >= 15 is 0 Å². The van der Waals surface area contributed by atoms with Gasteiger partial charge in [0, 0.05) is 17.1 Å². The highest BCUT2D eigenvalue weighted by molar-refractivity contribution is 8.16. The van der Waals surface area contributed by atoms with Crippen LogP contribution in [0.4, 0.5) is 21.9 Å². The summed E-state index contributed by atoms with van der Waals surface area (Å²) in [4.78, 5) is 24.3. The summed E-state index contributed by atoms with van der Waals surface area (Å²) in [7, 11) is 0. The zero-order valence-corrected chi connectivity index (χ0v) is 19.6. The maximum atomic E-state index is 12.2. The molecule has 4 rings (SSSR count). The molecule has 6 nitrogen and oxygen atoms in total. The van der Waals surface area contributed by atoms with Crippen LogP contribution in [-0.2, 0) is 4.79 Å². The topological polar surface area (TPSA) is 79.5 Å². The number of carbonyl (C=O) groups is 2. The Morgan fingerprint density at radius 3 is 1.97 bits per heavy atom. The molecule has 0 spiro atoms. The number of hydrogen-bond donors (Lipinski definition) is 3. The van der Waals surface area contributed by atoms with Crippen LogP contribution < -0.4 is 20.7 Å². The highest BCUT2D eigenvalue weighted by atomic mass is 32.2. The van der Waals surface area contributed by atoms with E-state index in [2.05, 4.69) is 28.1 Å². The molecule has 3 aromatic carbocycles. The maximum absolute atomic E-state index is 12.2. The predicted octanol–water partition coefficient (Wildman–Crippen LogP) is 6.22. The van der Waals surface area contributed by atoms with Crippen molar-refractivity contribution in [2.24, 2.45) is 0 Å². The van der Waals surface area contributed by atoms with Crippen molar-refractivity contribution in [3.63, 3.8) is 0 Å². The largest absolute Gasteiger partial charge is 0.484 e. The Morgan fingerprint density at radius 1 is 0.758 bits per heavy atom. The first-order valence-corrected chi connectivity index (χ1v) is 12.7. The molecule has 1 heterocycles. The molecule has 1 aliphatic heterocycles. The molecule has 1 aliphatic rings. The van der Waals surface area contributed by atoms with Crippen LogP contribution in [-0.4, -0.2) is 30.1 Å². The van der Waals surface area contributed by atoms with Gasteiger partial charge < -0.3 is 20.7 Å². The third kappa shape index (κ3) is 7.20. The van der Waals surface area contributed by atoms with Crippen LogP contribution in [0.1, 0.15) is 16.6 Å². The van der Waals surface area contributed by atoms with Crippen molar-refractivity contribution in [2.45, 2.75) is 11.0 Å². The highest BCUT2D eigenvalue weighted by Gasteiger charge is 2.16. The average molecular weight is 480 g/mol. The molecule has 1 saturated heterocycles. The zero-order chi connectivity index (χ0) is 22.9. The van der Waals surface area contributed by atoms with Crippen molar-refractivity contribution in [1.82, 2.24) is 0 Å². The van der Waals surface area contributed by atoms with Gasteiger partial charge in [-0.25, -0.2) is 4.79 Å². The van der Waals surface area contributed by atoms with E-state index in [1.807, 2.05) is 66.0 Å². The lowest BCUT2D eigenvalue weighted by Gasteiger charge is -2.21. The fraction of sp³-hybridized carbons (Fsp3) is 0.200. The maximum Gasteiger partial charge on any atom is 0.323 e. The van der Waals surface area contributed by atoms with Gasteiger partial charge in [0.05, 0.1) is 4.58 Å². The van der Waals surface area contributed by atoms with E-state index in [-0.39, 0.29) is 18.5 Å². The Balaban J connectivity index is 1.21. The Kier molecular flexibility index (Phi) is 8.16. The van der Waals surface area contributed by atoms with Crippen LogP contribution in [0.3, 0.4) is 0 Å². The van der Waals surface area contributed by atoms with E-state index in [1.54, 1.807) is 24.3 Å².